The van der Waals surface area contributed by atoms with Gasteiger partial charge in [-0.25, -0.2) is 0 Å². The van der Waals surface area contributed by atoms with E-state index in [1.165, 1.54) is 0 Å². The first-order valence-corrected chi connectivity index (χ1v) is 8.67. The molecule has 3 aromatic rings. The second kappa shape index (κ2) is 5.68. The van der Waals surface area contributed by atoms with Crippen molar-refractivity contribution in [3.8, 4) is 11.3 Å². The summed E-state index contributed by atoms with van der Waals surface area (Å²) in [6.45, 7) is 8.32. The van der Waals surface area contributed by atoms with Crippen LogP contribution >= 0.6 is 0 Å². The zero-order valence-corrected chi connectivity index (χ0v) is 15.1. The van der Waals surface area contributed by atoms with Gasteiger partial charge < -0.3 is 9.31 Å². The van der Waals surface area contributed by atoms with Gasteiger partial charge in [-0.3, -0.25) is 4.98 Å². The van der Waals surface area contributed by atoms with Crippen LogP contribution in [0.5, 0.6) is 0 Å². The number of hydrogen-bond donors (Lipinski definition) is 0. The number of fused-ring (bicyclic) bond motifs is 1. The van der Waals surface area contributed by atoms with Gasteiger partial charge >= 0.3 is 7.12 Å². The minimum absolute atomic E-state index is 0.361. The maximum Gasteiger partial charge on any atom is 0.495 e. The molecule has 0 spiro atoms. The van der Waals surface area contributed by atoms with Crippen LogP contribution in [0.2, 0.25) is 0 Å². The Kier molecular flexibility index (Phi) is 3.71. The number of rotatable bonds is 2. The van der Waals surface area contributed by atoms with Gasteiger partial charge in [0.15, 0.2) is 0 Å². The Morgan fingerprint density at radius 3 is 2.20 bits per heavy atom. The van der Waals surface area contributed by atoms with Crippen molar-refractivity contribution in [1.29, 1.82) is 0 Å². The summed E-state index contributed by atoms with van der Waals surface area (Å²) in [7, 11) is -0.390. The molecule has 1 aliphatic heterocycles. The summed E-state index contributed by atoms with van der Waals surface area (Å²) in [5, 5.41) is 2.32. The Bertz CT molecular complexity index is 906. The van der Waals surface area contributed by atoms with Crippen LogP contribution in [-0.2, 0) is 9.31 Å². The molecule has 1 fully saturated rings. The fourth-order valence-electron chi connectivity index (χ4n) is 3.19. The zero-order chi connectivity index (χ0) is 17.7. The summed E-state index contributed by atoms with van der Waals surface area (Å²) in [6, 6.07) is 18.6. The Morgan fingerprint density at radius 2 is 1.52 bits per heavy atom. The molecule has 1 aliphatic rings. The standard InChI is InChI=1S/C21H22BNO2/c1-20(2)21(3,4)25-22(24-20)18-14-16(19-11-7-8-12-23-19)13-15-9-5-6-10-17(15)18/h5-14H,1-4H3. The van der Waals surface area contributed by atoms with Crippen LogP contribution in [0.1, 0.15) is 27.7 Å². The number of hydrogen-bond acceptors (Lipinski definition) is 3. The molecule has 4 heteroatoms. The van der Waals surface area contributed by atoms with E-state index in [-0.39, 0.29) is 11.2 Å². The maximum absolute atomic E-state index is 6.31. The van der Waals surface area contributed by atoms with Gasteiger partial charge in [0.1, 0.15) is 0 Å². The van der Waals surface area contributed by atoms with Crippen molar-refractivity contribution in [1.82, 2.24) is 4.98 Å². The minimum atomic E-state index is -0.390. The Morgan fingerprint density at radius 1 is 0.840 bits per heavy atom. The lowest BCUT2D eigenvalue weighted by Gasteiger charge is -2.32. The molecule has 2 heterocycles. The number of aromatic nitrogens is 1. The largest absolute Gasteiger partial charge is 0.495 e. The summed E-state index contributed by atoms with van der Waals surface area (Å²) in [6.07, 6.45) is 1.82. The summed E-state index contributed by atoms with van der Waals surface area (Å²) in [4.78, 5) is 4.50. The van der Waals surface area contributed by atoms with Crippen molar-refractivity contribution in [2.75, 3.05) is 0 Å². The molecule has 4 rings (SSSR count). The van der Waals surface area contributed by atoms with E-state index in [1.807, 2.05) is 24.4 Å². The van der Waals surface area contributed by atoms with E-state index in [0.29, 0.717) is 0 Å². The molecule has 0 N–H and O–H groups in total. The average molecular weight is 331 g/mol. The van der Waals surface area contributed by atoms with E-state index in [4.69, 9.17) is 9.31 Å². The molecule has 0 aliphatic carbocycles. The van der Waals surface area contributed by atoms with E-state index in [1.54, 1.807) is 0 Å². The van der Waals surface area contributed by atoms with E-state index in [9.17, 15) is 0 Å². The molecule has 0 unspecified atom stereocenters. The third-order valence-corrected chi connectivity index (χ3v) is 5.36. The highest BCUT2D eigenvalue weighted by Gasteiger charge is 2.52. The second-order valence-corrected chi connectivity index (χ2v) is 7.59. The summed E-state index contributed by atoms with van der Waals surface area (Å²) >= 11 is 0. The van der Waals surface area contributed by atoms with Crippen LogP contribution in [0, 0.1) is 0 Å². The zero-order valence-electron chi connectivity index (χ0n) is 15.1. The number of pyridine rings is 1. The smallest absolute Gasteiger partial charge is 0.399 e. The van der Waals surface area contributed by atoms with Crippen molar-refractivity contribution in [3.05, 3.63) is 60.8 Å². The molecule has 1 aromatic heterocycles. The van der Waals surface area contributed by atoms with Gasteiger partial charge in [0, 0.05) is 11.8 Å². The predicted octanol–water partition coefficient (Wildman–Crippen LogP) is 4.20. The van der Waals surface area contributed by atoms with Gasteiger partial charge in [0.2, 0.25) is 0 Å². The molecule has 0 atom stereocenters. The average Bonchev–Trinajstić information content (AvgIpc) is 2.82. The highest BCUT2D eigenvalue weighted by molar-refractivity contribution is 6.65. The van der Waals surface area contributed by atoms with Gasteiger partial charge in [0.25, 0.3) is 0 Å². The summed E-state index contributed by atoms with van der Waals surface area (Å²) in [5.74, 6) is 0. The molecular weight excluding hydrogens is 309 g/mol. The van der Waals surface area contributed by atoms with Crippen molar-refractivity contribution in [3.63, 3.8) is 0 Å². The quantitative estimate of drug-likeness (QED) is 0.660. The fourth-order valence-corrected chi connectivity index (χ4v) is 3.19. The molecule has 3 nitrogen and oxygen atoms in total. The monoisotopic (exact) mass is 331 g/mol. The highest BCUT2D eigenvalue weighted by Crippen LogP contribution is 2.37. The van der Waals surface area contributed by atoms with Crippen LogP contribution in [-0.4, -0.2) is 23.3 Å². The topological polar surface area (TPSA) is 31.4 Å². The SMILES string of the molecule is CC1(C)OB(c2cc(-c3ccccn3)cc3ccccc23)OC1(C)C. The number of nitrogens with zero attached hydrogens (tertiary/aromatic N) is 1. The third kappa shape index (κ3) is 2.76. The molecule has 1 saturated heterocycles. The van der Waals surface area contributed by atoms with Crippen LogP contribution in [0.25, 0.3) is 22.0 Å². The lowest BCUT2D eigenvalue weighted by Crippen LogP contribution is -2.41. The Labute approximate surface area is 149 Å². The Hall–Kier alpha value is -2.17. The first-order valence-electron chi connectivity index (χ1n) is 8.67. The number of benzene rings is 2. The predicted molar refractivity (Wildman–Crippen MR) is 103 cm³/mol. The molecular formula is C21H22BNO2. The fraction of sp³-hybridized carbons (Fsp3) is 0.286. The molecule has 25 heavy (non-hydrogen) atoms. The van der Waals surface area contributed by atoms with Gasteiger partial charge in [-0.15, -0.1) is 0 Å². The van der Waals surface area contributed by atoms with Gasteiger partial charge in [-0.2, -0.15) is 0 Å². The van der Waals surface area contributed by atoms with E-state index in [2.05, 4.69) is 69.1 Å². The van der Waals surface area contributed by atoms with E-state index < -0.39 is 7.12 Å². The first kappa shape index (κ1) is 16.3. The Balaban J connectivity index is 1.89. The van der Waals surface area contributed by atoms with Crippen molar-refractivity contribution in [2.45, 2.75) is 38.9 Å². The van der Waals surface area contributed by atoms with E-state index >= 15 is 0 Å². The third-order valence-electron chi connectivity index (χ3n) is 5.36. The van der Waals surface area contributed by atoms with Crippen LogP contribution < -0.4 is 5.46 Å². The van der Waals surface area contributed by atoms with Gasteiger partial charge in [0.05, 0.1) is 16.9 Å². The molecule has 0 bridgehead atoms. The lowest BCUT2D eigenvalue weighted by molar-refractivity contribution is 0.00578. The minimum Gasteiger partial charge on any atom is -0.399 e. The van der Waals surface area contributed by atoms with Gasteiger partial charge in [-0.05, 0) is 62.1 Å². The normalized spacial score (nSPS) is 18.6. The summed E-state index contributed by atoms with van der Waals surface area (Å²) in [5.41, 5.74) is 2.35. The van der Waals surface area contributed by atoms with Crippen molar-refractivity contribution in [2.24, 2.45) is 0 Å². The molecule has 0 saturated carbocycles. The first-order chi connectivity index (χ1) is 11.9. The molecule has 0 amide bonds. The second-order valence-electron chi connectivity index (χ2n) is 7.59. The molecule has 126 valence electrons. The highest BCUT2D eigenvalue weighted by atomic mass is 16.7. The van der Waals surface area contributed by atoms with E-state index in [0.717, 1.165) is 27.5 Å². The van der Waals surface area contributed by atoms with Crippen LogP contribution in [0.4, 0.5) is 0 Å². The summed E-state index contributed by atoms with van der Waals surface area (Å²) < 4.78 is 12.6. The van der Waals surface area contributed by atoms with Gasteiger partial charge in [-0.1, -0.05) is 36.4 Å². The molecule has 2 aromatic carbocycles. The molecule has 0 radical (unpaired) electrons. The lowest BCUT2D eigenvalue weighted by atomic mass is 9.75. The van der Waals surface area contributed by atoms with Crippen LogP contribution in [0.3, 0.4) is 0 Å². The van der Waals surface area contributed by atoms with Crippen molar-refractivity contribution < 1.29 is 9.31 Å². The maximum atomic E-state index is 6.31. The van der Waals surface area contributed by atoms with Crippen LogP contribution in [0.15, 0.2) is 60.8 Å². The van der Waals surface area contributed by atoms with Crippen molar-refractivity contribution >= 4 is 23.4 Å².